The van der Waals surface area contributed by atoms with Crippen molar-refractivity contribution >= 4 is 16.6 Å². The normalized spacial score (nSPS) is 11.3. The average Bonchev–Trinajstić information content (AvgIpc) is 2.78. The summed E-state index contributed by atoms with van der Waals surface area (Å²) in [6, 6.07) is 16.5. The maximum Gasteiger partial charge on any atom is 0.189 e. The molecule has 1 N–H and O–H groups in total. The predicted molar refractivity (Wildman–Crippen MR) is 135 cm³/mol. The summed E-state index contributed by atoms with van der Waals surface area (Å²) in [4.78, 5) is 15.1. The van der Waals surface area contributed by atoms with Gasteiger partial charge >= 0.3 is 0 Å². The van der Waals surface area contributed by atoms with Crippen molar-refractivity contribution in [3.8, 4) is 11.3 Å². The molecule has 2 aromatic carbocycles. The van der Waals surface area contributed by atoms with Gasteiger partial charge in [0.1, 0.15) is 0 Å². The first kappa shape index (κ1) is 29.7. The molecule has 5 heteroatoms. The molecule has 0 amide bonds. The van der Waals surface area contributed by atoms with Crippen molar-refractivity contribution in [1.82, 2.24) is 4.98 Å². The van der Waals surface area contributed by atoms with Gasteiger partial charge in [-0.1, -0.05) is 59.7 Å². The van der Waals surface area contributed by atoms with E-state index >= 15 is 0 Å². The minimum Gasteiger partial charge on any atom is -0.512 e. The number of aliphatic hydroxyl groups is 1. The van der Waals surface area contributed by atoms with E-state index in [4.69, 9.17) is 0 Å². The molecule has 3 nitrogen and oxygen atoms in total. The maximum absolute atomic E-state index is 11.7. The number of carbonyl (C=O) groups is 1. The van der Waals surface area contributed by atoms with Crippen LogP contribution in [-0.2, 0) is 24.9 Å². The number of alkyl halides is 1. The van der Waals surface area contributed by atoms with Crippen LogP contribution in [0.25, 0.3) is 22.0 Å². The van der Waals surface area contributed by atoms with Crippen LogP contribution in [0.4, 0.5) is 4.39 Å². The van der Waals surface area contributed by atoms with Crippen molar-refractivity contribution in [3.63, 3.8) is 0 Å². The van der Waals surface area contributed by atoms with E-state index < -0.39 is 12.5 Å². The predicted octanol–water partition coefficient (Wildman–Crippen LogP) is 7.84. The summed E-state index contributed by atoms with van der Waals surface area (Å²) in [6.07, 6.45) is 4.40. The molecule has 3 aromatic rings. The van der Waals surface area contributed by atoms with Crippen LogP contribution >= 0.6 is 0 Å². The number of carbonyl (C=O) groups excluding carboxylic acids is 1. The fourth-order valence-corrected chi connectivity index (χ4v) is 3.82. The Kier molecular flexibility index (Phi) is 12.3. The van der Waals surface area contributed by atoms with Gasteiger partial charge in [0.05, 0.1) is 5.76 Å². The third kappa shape index (κ3) is 8.14. The Labute approximate surface area is 216 Å². The number of ketones is 1. The van der Waals surface area contributed by atoms with Gasteiger partial charge in [-0.05, 0) is 46.9 Å². The third-order valence-corrected chi connectivity index (χ3v) is 5.70. The van der Waals surface area contributed by atoms with Gasteiger partial charge in [-0.2, -0.15) is 0 Å². The summed E-state index contributed by atoms with van der Waals surface area (Å²) in [5.41, 5.74) is 5.87. The summed E-state index contributed by atoms with van der Waals surface area (Å²) < 4.78 is 11.7. The molecule has 0 saturated carbocycles. The van der Waals surface area contributed by atoms with E-state index in [1.807, 2.05) is 20.0 Å². The van der Waals surface area contributed by atoms with Crippen LogP contribution in [-0.4, -0.2) is 22.5 Å². The molecule has 0 aliphatic heterocycles. The van der Waals surface area contributed by atoms with Crippen molar-refractivity contribution in [2.75, 3.05) is 6.67 Å². The number of aromatic nitrogens is 1. The Balaban J connectivity index is 0.000000386. The number of aryl methyl sites for hydroxylation is 2. The number of aliphatic hydroxyl groups excluding tert-OH is 1. The summed E-state index contributed by atoms with van der Waals surface area (Å²) in [5, 5.41) is 11.7. The topological polar surface area (TPSA) is 50.2 Å². The fourth-order valence-electron chi connectivity index (χ4n) is 3.82. The van der Waals surface area contributed by atoms with Crippen LogP contribution in [0, 0.1) is 25.8 Å². The summed E-state index contributed by atoms with van der Waals surface area (Å²) in [5.74, 6) is -0.138. The Morgan fingerprint density at radius 1 is 1.12 bits per heavy atom. The van der Waals surface area contributed by atoms with E-state index in [0.29, 0.717) is 5.92 Å². The minimum atomic E-state index is -1.04. The average molecular weight is 641 g/mol. The van der Waals surface area contributed by atoms with Gasteiger partial charge in [0, 0.05) is 38.3 Å². The van der Waals surface area contributed by atoms with Gasteiger partial charge in [0.2, 0.25) is 0 Å². The number of rotatable bonds is 7. The van der Waals surface area contributed by atoms with Gasteiger partial charge in [-0.25, -0.2) is 4.39 Å². The first-order chi connectivity index (χ1) is 15.7. The molecular formula is C29H35FIrNO2-. The molecule has 1 heterocycles. The standard InChI is InChI=1S/C20H20N.C9H15FO2.Ir/c1-13(2)16-5-6-19-17(12-16)7-8-21-20(19)18-10-14(3)9-15(4)11-18;1-3-7(4-2)9(12)5-8(11)6-10;/h5-10,12-13H,1-4H3;5,7,12H,3-4,6H2,1-2H3;/q-1;;/b;9-5-;. The van der Waals surface area contributed by atoms with Crippen LogP contribution in [0.1, 0.15) is 63.1 Å². The van der Waals surface area contributed by atoms with Crippen LogP contribution in [0.2, 0.25) is 0 Å². The molecule has 0 saturated heterocycles. The molecule has 1 aromatic heterocycles. The number of nitrogens with zero attached hydrogens (tertiary/aromatic N) is 1. The molecule has 0 aliphatic rings. The first-order valence-corrected chi connectivity index (χ1v) is 11.6. The second kappa shape index (κ2) is 14.1. The van der Waals surface area contributed by atoms with Gasteiger partial charge in [0.15, 0.2) is 12.5 Å². The molecule has 34 heavy (non-hydrogen) atoms. The van der Waals surface area contributed by atoms with Crippen molar-refractivity contribution < 1.29 is 34.4 Å². The molecule has 0 bridgehead atoms. The van der Waals surface area contributed by atoms with Crippen LogP contribution in [0.5, 0.6) is 0 Å². The van der Waals surface area contributed by atoms with E-state index in [1.165, 1.54) is 21.9 Å². The molecule has 0 unspecified atom stereocenters. The zero-order valence-corrected chi connectivity index (χ0v) is 23.3. The number of pyridine rings is 1. The number of hydrogen-bond acceptors (Lipinski definition) is 3. The fraction of sp³-hybridized carbons (Fsp3) is 0.379. The Hall–Kier alpha value is -2.36. The molecule has 1 radical (unpaired) electrons. The third-order valence-electron chi connectivity index (χ3n) is 5.70. The van der Waals surface area contributed by atoms with E-state index in [-0.39, 0.29) is 31.8 Å². The second-order valence-corrected chi connectivity index (χ2v) is 8.73. The van der Waals surface area contributed by atoms with Crippen LogP contribution in [0.3, 0.4) is 0 Å². The molecular weight excluding hydrogens is 606 g/mol. The van der Waals surface area contributed by atoms with E-state index in [9.17, 15) is 14.3 Å². The maximum atomic E-state index is 11.7. The number of fused-ring (bicyclic) bond motifs is 1. The molecule has 185 valence electrons. The Morgan fingerprint density at radius 2 is 1.79 bits per heavy atom. The molecule has 0 aliphatic carbocycles. The van der Waals surface area contributed by atoms with Crippen molar-refractivity contribution in [2.24, 2.45) is 5.92 Å². The number of allylic oxidation sites excluding steroid dienone is 2. The van der Waals surface area contributed by atoms with Crippen molar-refractivity contribution in [1.29, 1.82) is 0 Å². The Morgan fingerprint density at radius 3 is 2.35 bits per heavy atom. The zero-order chi connectivity index (χ0) is 24.5. The minimum absolute atomic E-state index is 0. The summed E-state index contributed by atoms with van der Waals surface area (Å²) in [7, 11) is 0. The first-order valence-electron chi connectivity index (χ1n) is 11.6. The van der Waals surface area contributed by atoms with E-state index in [2.05, 4.69) is 75.1 Å². The molecule has 0 fully saturated rings. The number of benzene rings is 2. The van der Waals surface area contributed by atoms with Crippen molar-refractivity contribution in [3.05, 3.63) is 77.2 Å². The van der Waals surface area contributed by atoms with Crippen molar-refractivity contribution in [2.45, 2.75) is 60.3 Å². The van der Waals surface area contributed by atoms with E-state index in [0.717, 1.165) is 35.7 Å². The Bertz CT molecular complexity index is 1100. The van der Waals surface area contributed by atoms with Crippen LogP contribution in [0.15, 0.2) is 54.4 Å². The monoisotopic (exact) mass is 641 g/mol. The number of hydrogen-bond donors (Lipinski definition) is 1. The van der Waals surface area contributed by atoms with Gasteiger partial charge < -0.3 is 10.1 Å². The van der Waals surface area contributed by atoms with E-state index in [1.54, 1.807) is 0 Å². The molecule has 0 atom stereocenters. The summed E-state index contributed by atoms with van der Waals surface area (Å²) >= 11 is 0. The number of halogens is 1. The summed E-state index contributed by atoms with van der Waals surface area (Å²) in [6.45, 7) is 11.4. The van der Waals surface area contributed by atoms with Gasteiger partial charge in [0.25, 0.3) is 0 Å². The van der Waals surface area contributed by atoms with Crippen LogP contribution < -0.4 is 0 Å². The molecule has 0 spiro atoms. The van der Waals surface area contributed by atoms with Gasteiger partial charge in [-0.3, -0.25) is 4.79 Å². The van der Waals surface area contributed by atoms with Gasteiger partial charge in [-0.15, -0.1) is 34.9 Å². The zero-order valence-electron chi connectivity index (χ0n) is 20.9. The second-order valence-electron chi connectivity index (χ2n) is 8.73. The smallest absolute Gasteiger partial charge is 0.189 e. The quantitative estimate of drug-likeness (QED) is 0.163. The largest absolute Gasteiger partial charge is 0.512 e. The SMILES string of the molecule is CCC(CC)/C(O)=C/C(=O)CF.Cc1[c-]c(-c2nccc3cc(C(C)C)ccc23)cc(C)c1.[Ir]. The molecule has 3 rings (SSSR count).